The first-order valence-corrected chi connectivity index (χ1v) is 10.9. The van der Waals surface area contributed by atoms with Gasteiger partial charge in [0.1, 0.15) is 10.8 Å². The van der Waals surface area contributed by atoms with Gasteiger partial charge in [-0.1, -0.05) is 6.42 Å². The van der Waals surface area contributed by atoms with Gasteiger partial charge >= 0.3 is 5.97 Å². The predicted molar refractivity (Wildman–Crippen MR) is 107 cm³/mol. The van der Waals surface area contributed by atoms with E-state index in [1.54, 1.807) is 19.1 Å². The molecule has 3 rings (SSSR count). The molecule has 1 aromatic heterocycles. The van der Waals surface area contributed by atoms with Gasteiger partial charge < -0.3 is 10.1 Å². The fourth-order valence-corrected chi connectivity index (χ4v) is 5.08. The van der Waals surface area contributed by atoms with Crippen molar-refractivity contribution in [2.75, 3.05) is 17.7 Å². The third-order valence-electron chi connectivity index (χ3n) is 4.34. The van der Waals surface area contributed by atoms with Gasteiger partial charge in [-0.3, -0.25) is 4.79 Å². The summed E-state index contributed by atoms with van der Waals surface area (Å²) in [7, 11) is 0. The van der Waals surface area contributed by atoms with Crippen molar-refractivity contribution >= 4 is 40.0 Å². The minimum atomic E-state index is -0.363. The zero-order valence-electron chi connectivity index (χ0n) is 15.2. The zero-order chi connectivity index (χ0) is 19.2. The molecule has 144 valence electrons. The van der Waals surface area contributed by atoms with Gasteiger partial charge in [0.05, 0.1) is 17.9 Å². The maximum absolute atomic E-state index is 13.0. The Bertz CT molecular complexity index is 817. The molecule has 1 aromatic carbocycles. The van der Waals surface area contributed by atoms with E-state index in [1.807, 2.05) is 0 Å². The van der Waals surface area contributed by atoms with Crippen molar-refractivity contribution in [2.45, 2.75) is 43.9 Å². The number of aryl methyl sites for hydroxylation is 1. The maximum atomic E-state index is 13.0. The van der Waals surface area contributed by atoms with Crippen LogP contribution in [0.15, 0.2) is 29.2 Å². The molecule has 0 radical (unpaired) electrons. The summed E-state index contributed by atoms with van der Waals surface area (Å²) in [4.78, 5) is 26.9. The summed E-state index contributed by atoms with van der Waals surface area (Å²) >= 11 is 2.82. The Morgan fingerprint density at radius 3 is 2.67 bits per heavy atom. The maximum Gasteiger partial charge on any atom is 0.341 e. The molecule has 4 nitrogen and oxygen atoms in total. The normalized spacial score (nSPS) is 13.6. The number of hydrogen-bond acceptors (Lipinski definition) is 5. The third kappa shape index (κ3) is 5.11. The molecule has 7 heteroatoms. The monoisotopic (exact) mass is 407 g/mol. The Morgan fingerprint density at radius 1 is 1.19 bits per heavy atom. The lowest BCUT2D eigenvalue weighted by atomic mass is 10.1. The van der Waals surface area contributed by atoms with E-state index in [0.29, 0.717) is 17.2 Å². The molecule has 0 atom stereocenters. The number of hydrogen-bond donors (Lipinski definition) is 1. The average molecular weight is 408 g/mol. The molecule has 1 aliphatic carbocycles. The summed E-state index contributed by atoms with van der Waals surface area (Å²) in [6, 6.07) is 6.03. The van der Waals surface area contributed by atoms with Gasteiger partial charge in [-0.25, -0.2) is 9.18 Å². The molecule has 0 unspecified atom stereocenters. The van der Waals surface area contributed by atoms with E-state index in [9.17, 15) is 14.0 Å². The minimum Gasteiger partial charge on any atom is -0.462 e. The van der Waals surface area contributed by atoms with Crippen LogP contribution in [-0.2, 0) is 22.4 Å². The summed E-state index contributed by atoms with van der Waals surface area (Å²) in [5, 5.41) is 3.48. The molecule has 0 saturated carbocycles. The molecule has 1 amide bonds. The fourth-order valence-electron chi connectivity index (χ4n) is 3.09. The lowest BCUT2D eigenvalue weighted by Crippen LogP contribution is -2.16. The first kappa shape index (κ1) is 19.9. The Hall–Kier alpha value is -1.86. The summed E-state index contributed by atoms with van der Waals surface area (Å²) in [6.45, 7) is 2.08. The van der Waals surface area contributed by atoms with Crippen LogP contribution in [0, 0.1) is 5.82 Å². The summed E-state index contributed by atoms with van der Waals surface area (Å²) < 4.78 is 18.2. The molecule has 0 saturated heterocycles. The lowest BCUT2D eigenvalue weighted by molar-refractivity contribution is -0.113. The number of fused-ring (bicyclic) bond motifs is 1. The SMILES string of the molecule is CCOC(=O)c1c(NC(=O)CSc2ccc(F)cc2)sc2c1CCCCC2. The van der Waals surface area contributed by atoms with E-state index in [1.165, 1.54) is 40.1 Å². The van der Waals surface area contributed by atoms with E-state index in [-0.39, 0.29) is 23.4 Å². The van der Waals surface area contributed by atoms with Crippen LogP contribution in [0.1, 0.15) is 47.0 Å². The molecular formula is C20H22FNO3S2. The highest BCUT2D eigenvalue weighted by atomic mass is 32.2. The van der Waals surface area contributed by atoms with Crippen LogP contribution in [0.2, 0.25) is 0 Å². The van der Waals surface area contributed by atoms with Gasteiger partial charge in [-0.2, -0.15) is 0 Å². The second kappa shape index (κ2) is 9.37. The van der Waals surface area contributed by atoms with E-state index < -0.39 is 0 Å². The Morgan fingerprint density at radius 2 is 1.93 bits per heavy atom. The largest absolute Gasteiger partial charge is 0.462 e. The van der Waals surface area contributed by atoms with Gasteiger partial charge in [0.25, 0.3) is 0 Å². The second-order valence-electron chi connectivity index (χ2n) is 6.28. The van der Waals surface area contributed by atoms with E-state index in [0.717, 1.165) is 42.6 Å². The summed E-state index contributed by atoms with van der Waals surface area (Å²) in [6.07, 6.45) is 5.08. The number of thiophene rings is 1. The minimum absolute atomic E-state index is 0.189. The number of halogens is 1. The van der Waals surface area contributed by atoms with Crippen LogP contribution in [0.3, 0.4) is 0 Å². The highest BCUT2D eigenvalue weighted by Crippen LogP contribution is 2.38. The fraction of sp³-hybridized carbons (Fsp3) is 0.400. The molecule has 0 spiro atoms. The molecule has 1 N–H and O–H groups in total. The standard InChI is InChI=1S/C20H22FNO3S2/c1-2-25-20(24)18-15-6-4-3-5-7-16(15)27-19(18)22-17(23)12-26-14-10-8-13(21)9-11-14/h8-11H,2-7,12H2,1H3,(H,22,23). The molecular weight excluding hydrogens is 385 g/mol. The first-order chi connectivity index (χ1) is 13.1. The number of amides is 1. The average Bonchev–Trinajstić information content (AvgIpc) is 2.82. The number of anilines is 1. The van der Waals surface area contributed by atoms with Gasteiger partial charge in [0, 0.05) is 9.77 Å². The topological polar surface area (TPSA) is 55.4 Å². The zero-order valence-corrected chi connectivity index (χ0v) is 16.8. The van der Waals surface area contributed by atoms with E-state index in [4.69, 9.17) is 4.74 Å². The highest BCUT2D eigenvalue weighted by molar-refractivity contribution is 8.00. The molecule has 1 heterocycles. The smallest absolute Gasteiger partial charge is 0.341 e. The van der Waals surface area contributed by atoms with Crippen LogP contribution in [0.4, 0.5) is 9.39 Å². The first-order valence-electron chi connectivity index (χ1n) is 9.08. The van der Waals surface area contributed by atoms with Crippen molar-refractivity contribution in [3.05, 3.63) is 46.1 Å². The van der Waals surface area contributed by atoms with Crippen LogP contribution in [0.25, 0.3) is 0 Å². The summed E-state index contributed by atoms with van der Waals surface area (Å²) in [5.41, 5.74) is 1.57. The quantitative estimate of drug-likeness (QED) is 0.413. The van der Waals surface area contributed by atoms with Gasteiger partial charge in [0.2, 0.25) is 5.91 Å². The van der Waals surface area contributed by atoms with Crippen molar-refractivity contribution in [3.63, 3.8) is 0 Å². The third-order valence-corrected chi connectivity index (χ3v) is 6.56. The second-order valence-corrected chi connectivity index (χ2v) is 8.43. The van der Waals surface area contributed by atoms with Crippen LogP contribution < -0.4 is 5.32 Å². The van der Waals surface area contributed by atoms with Crippen LogP contribution in [-0.4, -0.2) is 24.2 Å². The van der Waals surface area contributed by atoms with Crippen molar-refractivity contribution in [2.24, 2.45) is 0 Å². The van der Waals surface area contributed by atoms with Gasteiger partial charge in [-0.15, -0.1) is 23.1 Å². The number of nitrogens with one attached hydrogen (secondary N) is 1. The summed E-state index contributed by atoms with van der Waals surface area (Å²) in [5.74, 6) is -0.663. The van der Waals surface area contributed by atoms with Gasteiger partial charge in [0.15, 0.2) is 0 Å². The Kier molecular flexibility index (Phi) is 6.90. The number of carbonyl (C=O) groups excluding carboxylic acids is 2. The van der Waals surface area contributed by atoms with Crippen LogP contribution >= 0.6 is 23.1 Å². The number of carbonyl (C=O) groups is 2. The molecule has 27 heavy (non-hydrogen) atoms. The number of esters is 1. The Balaban J connectivity index is 1.73. The molecule has 2 aromatic rings. The number of benzene rings is 1. The molecule has 1 aliphatic rings. The van der Waals surface area contributed by atoms with Crippen molar-refractivity contribution in [1.29, 1.82) is 0 Å². The lowest BCUT2D eigenvalue weighted by Gasteiger charge is -2.08. The van der Waals surface area contributed by atoms with Gasteiger partial charge in [-0.05, 0) is 62.4 Å². The molecule has 0 fully saturated rings. The number of ether oxygens (including phenoxy) is 1. The number of thioether (sulfide) groups is 1. The predicted octanol–water partition coefficient (Wildman–Crippen LogP) is 5.06. The van der Waals surface area contributed by atoms with Crippen molar-refractivity contribution < 1.29 is 18.7 Å². The van der Waals surface area contributed by atoms with Crippen LogP contribution in [0.5, 0.6) is 0 Å². The van der Waals surface area contributed by atoms with Crippen molar-refractivity contribution in [3.8, 4) is 0 Å². The highest BCUT2D eigenvalue weighted by Gasteiger charge is 2.26. The number of rotatable bonds is 6. The Labute approximate surface area is 166 Å². The van der Waals surface area contributed by atoms with Crippen molar-refractivity contribution in [1.82, 2.24) is 0 Å². The molecule has 0 aliphatic heterocycles. The van der Waals surface area contributed by atoms with E-state index in [2.05, 4.69) is 5.32 Å². The molecule has 0 bridgehead atoms. The van der Waals surface area contributed by atoms with E-state index >= 15 is 0 Å².